The van der Waals surface area contributed by atoms with Crippen LogP contribution in [0.4, 0.5) is 11.4 Å². The molecule has 0 saturated carbocycles. The first-order chi connectivity index (χ1) is 12.7. The van der Waals surface area contributed by atoms with Gasteiger partial charge in [-0.15, -0.1) is 0 Å². The van der Waals surface area contributed by atoms with E-state index in [0.29, 0.717) is 11.3 Å². The Morgan fingerprint density at radius 2 is 1.78 bits per heavy atom. The van der Waals surface area contributed by atoms with Gasteiger partial charge in [0.05, 0.1) is 28.0 Å². The molecule has 0 saturated heterocycles. The fourth-order valence-corrected chi connectivity index (χ4v) is 3.78. The number of hydrogen-bond donors (Lipinski definition) is 2. The summed E-state index contributed by atoms with van der Waals surface area (Å²) in [5, 5.41) is 10.6. The SMILES string of the molecule is CCOP(=O)(O)C(O)=Cc1ccccc1N(C(C)=O)c1c(Cl)cccc1Cl. The maximum atomic E-state index is 12.4. The van der Waals surface area contributed by atoms with Crippen molar-refractivity contribution < 1.29 is 23.9 Å². The van der Waals surface area contributed by atoms with E-state index in [2.05, 4.69) is 0 Å². The van der Waals surface area contributed by atoms with Crippen molar-refractivity contribution in [2.24, 2.45) is 0 Å². The second-order valence-corrected chi connectivity index (χ2v) is 8.00. The molecule has 0 aromatic heterocycles. The number of amides is 1. The number of carbonyl (C=O) groups excluding carboxylic acids is 1. The summed E-state index contributed by atoms with van der Waals surface area (Å²) in [4.78, 5) is 23.4. The molecule has 1 amide bonds. The fourth-order valence-electron chi connectivity index (χ4n) is 2.43. The largest absolute Gasteiger partial charge is 0.501 e. The highest BCUT2D eigenvalue weighted by atomic mass is 35.5. The number of hydrogen-bond acceptors (Lipinski definition) is 4. The molecule has 2 rings (SSSR count). The number of para-hydroxylation sites is 2. The maximum absolute atomic E-state index is 12.4. The van der Waals surface area contributed by atoms with Crippen LogP contribution in [0.5, 0.6) is 0 Å². The van der Waals surface area contributed by atoms with E-state index in [1.165, 1.54) is 18.7 Å². The highest BCUT2D eigenvalue weighted by Gasteiger charge is 2.27. The van der Waals surface area contributed by atoms with Gasteiger partial charge in [0.15, 0.2) is 0 Å². The van der Waals surface area contributed by atoms with Crippen LogP contribution >= 0.6 is 30.8 Å². The van der Waals surface area contributed by atoms with Crippen LogP contribution < -0.4 is 4.90 Å². The van der Waals surface area contributed by atoms with Crippen LogP contribution in [0.1, 0.15) is 19.4 Å². The lowest BCUT2D eigenvalue weighted by atomic mass is 10.1. The van der Waals surface area contributed by atoms with E-state index in [4.69, 9.17) is 27.7 Å². The zero-order chi connectivity index (χ0) is 20.2. The molecule has 0 aliphatic rings. The van der Waals surface area contributed by atoms with Gasteiger partial charge in [0.1, 0.15) is 0 Å². The van der Waals surface area contributed by atoms with Crippen molar-refractivity contribution in [3.63, 3.8) is 0 Å². The highest BCUT2D eigenvalue weighted by Crippen LogP contribution is 2.50. The highest BCUT2D eigenvalue weighted by molar-refractivity contribution is 7.57. The van der Waals surface area contributed by atoms with Gasteiger partial charge in [-0.05, 0) is 31.2 Å². The second kappa shape index (κ2) is 8.91. The molecule has 9 heteroatoms. The number of aliphatic hydroxyl groups is 1. The number of anilines is 2. The Bertz CT molecular complexity index is 911. The lowest BCUT2D eigenvalue weighted by molar-refractivity contribution is -0.115. The zero-order valence-electron chi connectivity index (χ0n) is 14.6. The van der Waals surface area contributed by atoms with Gasteiger partial charge in [0.25, 0.3) is 0 Å². The van der Waals surface area contributed by atoms with Gasteiger partial charge < -0.3 is 14.5 Å². The van der Waals surface area contributed by atoms with Gasteiger partial charge in [0, 0.05) is 12.5 Å². The number of benzene rings is 2. The van der Waals surface area contributed by atoms with Crippen LogP contribution in [0.15, 0.2) is 48.0 Å². The summed E-state index contributed by atoms with van der Waals surface area (Å²) in [6.07, 6.45) is 1.08. The standard InChI is InChI=1S/C18H18Cl2NO5P/c1-3-26-27(24,25)17(23)11-13-7-4-5-10-16(13)21(12(2)22)18-14(19)8-6-9-15(18)20/h4-11,23H,3H2,1-2H3,(H,24,25). The summed E-state index contributed by atoms with van der Waals surface area (Å²) >= 11 is 12.5. The molecule has 0 aliphatic heterocycles. The molecule has 27 heavy (non-hydrogen) atoms. The number of carbonyl (C=O) groups is 1. The fraction of sp³-hybridized carbons (Fsp3) is 0.167. The van der Waals surface area contributed by atoms with Crippen molar-refractivity contribution in [1.29, 1.82) is 0 Å². The Morgan fingerprint density at radius 1 is 1.19 bits per heavy atom. The van der Waals surface area contributed by atoms with Crippen LogP contribution in [0.25, 0.3) is 6.08 Å². The van der Waals surface area contributed by atoms with Gasteiger partial charge in [-0.25, -0.2) is 0 Å². The molecule has 0 heterocycles. The van der Waals surface area contributed by atoms with Crippen LogP contribution in [-0.4, -0.2) is 22.5 Å². The lowest BCUT2D eigenvalue weighted by Gasteiger charge is -2.25. The quantitative estimate of drug-likeness (QED) is 0.450. The van der Waals surface area contributed by atoms with Crippen molar-refractivity contribution in [2.75, 3.05) is 11.5 Å². The molecule has 0 bridgehead atoms. The Morgan fingerprint density at radius 3 is 2.33 bits per heavy atom. The summed E-state index contributed by atoms with van der Waals surface area (Å²) in [6, 6.07) is 11.3. The smallest absolute Gasteiger partial charge is 0.392 e. The molecule has 0 radical (unpaired) electrons. The predicted molar refractivity (Wildman–Crippen MR) is 108 cm³/mol. The third kappa shape index (κ3) is 4.92. The third-order valence-corrected chi connectivity index (χ3v) is 5.46. The summed E-state index contributed by atoms with van der Waals surface area (Å²) in [5.41, 5.74) is 0.0504. The summed E-state index contributed by atoms with van der Waals surface area (Å²) < 4.78 is 16.7. The molecule has 144 valence electrons. The molecule has 1 unspecified atom stereocenters. The first-order valence-corrected chi connectivity index (χ1v) is 10.2. The van der Waals surface area contributed by atoms with E-state index in [1.807, 2.05) is 0 Å². The Labute approximate surface area is 167 Å². The third-order valence-electron chi connectivity index (χ3n) is 3.53. The topological polar surface area (TPSA) is 87.1 Å². The van der Waals surface area contributed by atoms with E-state index in [9.17, 15) is 19.4 Å². The van der Waals surface area contributed by atoms with Crippen LogP contribution in [0.3, 0.4) is 0 Å². The van der Waals surface area contributed by atoms with E-state index >= 15 is 0 Å². The minimum atomic E-state index is -4.35. The number of nitrogens with zero attached hydrogens (tertiary/aromatic N) is 1. The minimum absolute atomic E-state index is 0.0534. The first-order valence-electron chi connectivity index (χ1n) is 7.91. The number of aliphatic hydroxyl groups excluding tert-OH is 1. The van der Waals surface area contributed by atoms with Crippen molar-refractivity contribution in [3.8, 4) is 0 Å². The monoisotopic (exact) mass is 429 g/mol. The average Bonchev–Trinajstić information content (AvgIpc) is 2.58. The number of halogens is 2. The minimum Gasteiger partial charge on any atom is -0.501 e. The summed E-state index contributed by atoms with van der Waals surface area (Å²) in [5.74, 6) is -0.387. The Balaban J connectivity index is 2.65. The molecule has 0 spiro atoms. The van der Waals surface area contributed by atoms with E-state index < -0.39 is 13.1 Å². The average molecular weight is 430 g/mol. The van der Waals surface area contributed by atoms with Crippen molar-refractivity contribution in [3.05, 3.63) is 63.6 Å². The van der Waals surface area contributed by atoms with Crippen molar-refractivity contribution >= 4 is 54.2 Å². The van der Waals surface area contributed by atoms with E-state index in [0.717, 1.165) is 6.08 Å². The lowest BCUT2D eigenvalue weighted by Crippen LogP contribution is -2.24. The van der Waals surface area contributed by atoms with Gasteiger partial charge in [-0.3, -0.25) is 14.3 Å². The maximum Gasteiger partial charge on any atom is 0.392 e. The zero-order valence-corrected chi connectivity index (χ0v) is 17.0. The van der Waals surface area contributed by atoms with E-state index in [-0.39, 0.29) is 28.2 Å². The van der Waals surface area contributed by atoms with E-state index in [1.54, 1.807) is 42.5 Å². The molecule has 2 N–H and O–H groups in total. The van der Waals surface area contributed by atoms with Gasteiger partial charge in [-0.2, -0.15) is 0 Å². The van der Waals surface area contributed by atoms with Gasteiger partial charge in [0.2, 0.25) is 11.4 Å². The molecule has 6 nitrogen and oxygen atoms in total. The second-order valence-electron chi connectivity index (χ2n) is 5.42. The molecule has 2 aromatic carbocycles. The summed E-state index contributed by atoms with van der Waals surface area (Å²) in [6.45, 7) is 2.81. The Hall–Kier alpha value is -1.82. The molecule has 0 aliphatic carbocycles. The van der Waals surface area contributed by atoms with Gasteiger partial charge in [-0.1, -0.05) is 47.5 Å². The van der Waals surface area contributed by atoms with Crippen molar-refractivity contribution in [2.45, 2.75) is 13.8 Å². The van der Waals surface area contributed by atoms with Crippen molar-refractivity contribution in [1.82, 2.24) is 0 Å². The van der Waals surface area contributed by atoms with Crippen LogP contribution in [0, 0.1) is 0 Å². The van der Waals surface area contributed by atoms with Crippen LogP contribution in [-0.2, 0) is 13.9 Å². The normalized spacial score (nSPS) is 13.9. The summed E-state index contributed by atoms with van der Waals surface area (Å²) in [7, 11) is -4.35. The number of rotatable bonds is 6. The molecular weight excluding hydrogens is 412 g/mol. The van der Waals surface area contributed by atoms with Gasteiger partial charge >= 0.3 is 7.60 Å². The molecular formula is C18H18Cl2NO5P. The molecule has 2 aromatic rings. The Kier molecular flexibility index (Phi) is 7.09. The molecule has 1 atom stereocenters. The first kappa shape index (κ1) is 21.5. The predicted octanol–water partition coefficient (Wildman–Crippen LogP) is 5.76. The molecule has 0 fully saturated rings. The van der Waals surface area contributed by atoms with Crippen LogP contribution in [0.2, 0.25) is 10.0 Å².